The Kier molecular flexibility index (Phi) is 2.43. The minimum absolute atomic E-state index is 0.473. The highest BCUT2D eigenvalue weighted by Crippen LogP contribution is 2.30. The highest BCUT2D eigenvalue weighted by molar-refractivity contribution is 4.94. The summed E-state index contributed by atoms with van der Waals surface area (Å²) in [6, 6.07) is 0. The molecule has 0 bridgehead atoms. The fraction of sp³-hybridized carbons (Fsp3) is 0.857. The van der Waals surface area contributed by atoms with E-state index < -0.39 is 6.43 Å². The van der Waals surface area contributed by atoms with Gasteiger partial charge in [-0.2, -0.15) is 0 Å². The zero-order valence-electron chi connectivity index (χ0n) is 5.37. The van der Waals surface area contributed by atoms with Gasteiger partial charge in [-0.3, -0.25) is 0 Å². The molecule has 1 aliphatic carbocycles. The van der Waals surface area contributed by atoms with E-state index >= 15 is 0 Å². The first-order valence-corrected chi connectivity index (χ1v) is 3.43. The molecule has 0 saturated heterocycles. The Bertz CT molecular complexity index is 75.0. The van der Waals surface area contributed by atoms with Crippen molar-refractivity contribution in [1.29, 1.82) is 0 Å². The molecule has 0 spiro atoms. The number of rotatable bonds is 1. The molecule has 0 aromatic carbocycles. The lowest BCUT2D eigenvalue weighted by atomic mass is 9.90. The largest absolute Gasteiger partial charge is 0.244 e. The Labute approximate surface area is 54.3 Å². The smallest absolute Gasteiger partial charge is 0.210 e. The van der Waals surface area contributed by atoms with Crippen molar-refractivity contribution in [3.05, 3.63) is 5.92 Å². The van der Waals surface area contributed by atoms with Gasteiger partial charge < -0.3 is 0 Å². The highest BCUT2D eigenvalue weighted by Gasteiger charge is 2.22. The quantitative estimate of drug-likeness (QED) is 0.516. The molecule has 53 valence electrons. The van der Waals surface area contributed by atoms with E-state index in [4.69, 9.17) is 0 Å². The molecule has 1 radical (unpaired) electrons. The van der Waals surface area contributed by atoms with Gasteiger partial charge in [-0.25, -0.2) is 8.78 Å². The zero-order valence-corrected chi connectivity index (χ0v) is 5.37. The number of hydrogen-bond donors (Lipinski definition) is 0. The van der Waals surface area contributed by atoms with Crippen molar-refractivity contribution in [3.8, 4) is 0 Å². The van der Waals surface area contributed by atoms with Crippen molar-refractivity contribution in [2.24, 2.45) is 0 Å². The first-order valence-electron chi connectivity index (χ1n) is 3.43. The maximum absolute atomic E-state index is 11.9. The van der Waals surface area contributed by atoms with E-state index in [-0.39, 0.29) is 0 Å². The minimum Gasteiger partial charge on any atom is -0.210 e. The van der Waals surface area contributed by atoms with Crippen LogP contribution in [-0.4, -0.2) is 6.43 Å². The van der Waals surface area contributed by atoms with Crippen LogP contribution in [0.15, 0.2) is 0 Å². The summed E-state index contributed by atoms with van der Waals surface area (Å²) >= 11 is 0. The molecule has 0 heterocycles. The van der Waals surface area contributed by atoms with Crippen molar-refractivity contribution < 1.29 is 8.78 Å². The van der Waals surface area contributed by atoms with Gasteiger partial charge in [-0.05, 0) is 12.8 Å². The topological polar surface area (TPSA) is 0 Å². The van der Waals surface area contributed by atoms with E-state index in [2.05, 4.69) is 0 Å². The highest BCUT2D eigenvalue weighted by atomic mass is 19.3. The zero-order chi connectivity index (χ0) is 6.69. The van der Waals surface area contributed by atoms with Gasteiger partial charge in [0.15, 0.2) is 0 Å². The van der Waals surface area contributed by atoms with E-state index in [1.807, 2.05) is 0 Å². The minimum atomic E-state index is -2.15. The SMILES string of the molecule is FC(F)[C]1CCCCC1. The number of halogens is 2. The van der Waals surface area contributed by atoms with Gasteiger partial charge in [-0.15, -0.1) is 0 Å². The lowest BCUT2D eigenvalue weighted by Crippen LogP contribution is -2.11. The summed E-state index contributed by atoms with van der Waals surface area (Å²) in [5.74, 6) is 0.473. The third kappa shape index (κ3) is 1.92. The second-order valence-electron chi connectivity index (χ2n) is 2.52. The lowest BCUT2D eigenvalue weighted by Gasteiger charge is -2.19. The summed E-state index contributed by atoms with van der Waals surface area (Å²) in [5, 5.41) is 0. The summed E-state index contributed by atoms with van der Waals surface area (Å²) < 4.78 is 23.8. The second-order valence-corrected chi connectivity index (χ2v) is 2.52. The molecule has 1 saturated carbocycles. The molecular formula is C7H11F2. The van der Waals surface area contributed by atoms with Gasteiger partial charge in [0.25, 0.3) is 0 Å². The van der Waals surface area contributed by atoms with Crippen LogP contribution in [0.5, 0.6) is 0 Å². The van der Waals surface area contributed by atoms with Crippen LogP contribution in [0.4, 0.5) is 8.78 Å². The van der Waals surface area contributed by atoms with Crippen LogP contribution >= 0.6 is 0 Å². The van der Waals surface area contributed by atoms with E-state index in [9.17, 15) is 8.78 Å². The van der Waals surface area contributed by atoms with Crippen LogP contribution in [0.1, 0.15) is 32.1 Å². The molecule has 1 fully saturated rings. The summed E-state index contributed by atoms with van der Waals surface area (Å²) in [7, 11) is 0. The summed E-state index contributed by atoms with van der Waals surface area (Å²) in [5.41, 5.74) is 0. The average molecular weight is 133 g/mol. The van der Waals surface area contributed by atoms with Gasteiger partial charge in [0.05, 0.1) is 0 Å². The van der Waals surface area contributed by atoms with Gasteiger partial charge in [0.2, 0.25) is 6.43 Å². The molecule has 0 aromatic heterocycles. The summed E-state index contributed by atoms with van der Waals surface area (Å²) in [6.07, 6.45) is 2.26. The summed E-state index contributed by atoms with van der Waals surface area (Å²) in [6.45, 7) is 0. The predicted octanol–water partition coefficient (Wildman–Crippen LogP) is 2.79. The Morgan fingerprint density at radius 1 is 1.00 bits per heavy atom. The van der Waals surface area contributed by atoms with Gasteiger partial charge in [0, 0.05) is 5.92 Å². The van der Waals surface area contributed by atoms with Crippen LogP contribution in [0.2, 0.25) is 0 Å². The van der Waals surface area contributed by atoms with Crippen molar-refractivity contribution in [1.82, 2.24) is 0 Å². The molecular weight excluding hydrogens is 122 g/mol. The Morgan fingerprint density at radius 2 is 1.56 bits per heavy atom. The van der Waals surface area contributed by atoms with E-state index in [1.54, 1.807) is 0 Å². The molecule has 0 aliphatic heterocycles. The van der Waals surface area contributed by atoms with Crippen molar-refractivity contribution in [2.75, 3.05) is 0 Å². The predicted molar refractivity (Wildman–Crippen MR) is 32.3 cm³/mol. The molecule has 0 aromatic rings. The fourth-order valence-corrected chi connectivity index (χ4v) is 1.22. The van der Waals surface area contributed by atoms with Crippen LogP contribution in [-0.2, 0) is 0 Å². The van der Waals surface area contributed by atoms with Crippen molar-refractivity contribution in [2.45, 2.75) is 38.5 Å². The molecule has 0 atom stereocenters. The lowest BCUT2D eigenvalue weighted by molar-refractivity contribution is 0.143. The standard InChI is InChI=1S/C7H11F2/c8-7(9)6-4-2-1-3-5-6/h7H,1-5H2. The third-order valence-electron chi connectivity index (χ3n) is 1.80. The van der Waals surface area contributed by atoms with Gasteiger partial charge in [-0.1, -0.05) is 19.3 Å². The molecule has 0 unspecified atom stereocenters. The van der Waals surface area contributed by atoms with Crippen LogP contribution in [0.25, 0.3) is 0 Å². The Balaban J connectivity index is 2.23. The number of hydrogen-bond acceptors (Lipinski definition) is 0. The molecule has 0 N–H and O–H groups in total. The van der Waals surface area contributed by atoms with Gasteiger partial charge in [0.1, 0.15) is 0 Å². The van der Waals surface area contributed by atoms with Crippen LogP contribution in [0.3, 0.4) is 0 Å². The maximum Gasteiger partial charge on any atom is 0.244 e. The van der Waals surface area contributed by atoms with E-state index in [0.29, 0.717) is 18.8 Å². The molecule has 9 heavy (non-hydrogen) atoms. The number of alkyl halides is 2. The first-order chi connectivity index (χ1) is 4.30. The molecule has 1 aliphatic rings. The van der Waals surface area contributed by atoms with Crippen molar-refractivity contribution >= 4 is 0 Å². The maximum atomic E-state index is 11.9. The fourth-order valence-electron chi connectivity index (χ4n) is 1.22. The van der Waals surface area contributed by atoms with Gasteiger partial charge >= 0.3 is 0 Å². The Hall–Kier alpha value is -0.140. The molecule has 0 amide bonds. The second kappa shape index (κ2) is 3.14. The van der Waals surface area contributed by atoms with Crippen LogP contribution in [0, 0.1) is 5.92 Å². The van der Waals surface area contributed by atoms with E-state index in [0.717, 1.165) is 19.3 Å². The third-order valence-corrected chi connectivity index (χ3v) is 1.80. The van der Waals surface area contributed by atoms with Crippen molar-refractivity contribution in [3.63, 3.8) is 0 Å². The summed E-state index contributed by atoms with van der Waals surface area (Å²) in [4.78, 5) is 0. The monoisotopic (exact) mass is 133 g/mol. The molecule has 2 heteroatoms. The van der Waals surface area contributed by atoms with E-state index in [1.165, 1.54) is 0 Å². The normalized spacial score (nSPS) is 23.0. The molecule has 1 rings (SSSR count). The average Bonchev–Trinajstić information content (AvgIpc) is 1.90. The molecule has 0 nitrogen and oxygen atoms in total. The van der Waals surface area contributed by atoms with Crippen LogP contribution < -0.4 is 0 Å². The first kappa shape index (κ1) is 6.97. The Morgan fingerprint density at radius 3 is 1.89 bits per heavy atom.